The molecule has 31 heavy (non-hydrogen) atoms. The number of benzene rings is 2. The van der Waals surface area contributed by atoms with E-state index < -0.39 is 0 Å². The Hall–Kier alpha value is -3.68. The number of likely N-dealkylation sites (tertiary alicyclic amines) is 1. The predicted molar refractivity (Wildman–Crippen MR) is 115 cm³/mol. The fourth-order valence-corrected chi connectivity index (χ4v) is 3.49. The number of ether oxygens (including phenoxy) is 1. The summed E-state index contributed by atoms with van der Waals surface area (Å²) in [5.74, 6) is 1.42. The monoisotopic (exact) mass is 420 g/mol. The maximum Gasteiger partial charge on any atom is 0.253 e. The number of amides is 2. The van der Waals surface area contributed by atoms with Crippen LogP contribution in [0.25, 0.3) is 11.4 Å². The Bertz CT molecular complexity index is 1060. The second kappa shape index (κ2) is 9.42. The lowest BCUT2D eigenvalue weighted by Gasteiger charge is -2.15. The van der Waals surface area contributed by atoms with Crippen molar-refractivity contribution in [3.05, 3.63) is 60.0 Å². The normalized spacial score (nSPS) is 13.3. The summed E-state index contributed by atoms with van der Waals surface area (Å²) < 4.78 is 10.4. The van der Waals surface area contributed by atoms with Gasteiger partial charge in [0.25, 0.3) is 5.91 Å². The smallest absolute Gasteiger partial charge is 0.253 e. The molecule has 2 heterocycles. The molecule has 8 nitrogen and oxygen atoms in total. The highest BCUT2D eigenvalue weighted by atomic mass is 16.5. The lowest BCUT2D eigenvalue weighted by molar-refractivity contribution is -0.116. The van der Waals surface area contributed by atoms with Crippen molar-refractivity contribution in [1.29, 1.82) is 0 Å². The number of anilines is 1. The van der Waals surface area contributed by atoms with E-state index in [9.17, 15) is 9.59 Å². The Morgan fingerprint density at radius 2 is 1.90 bits per heavy atom. The first-order valence-electron chi connectivity index (χ1n) is 10.3. The number of carbonyl (C=O) groups excluding carboxylic acids is 2. The molecule has 1 N–H and O–H groups in total. The molecule has 160 valence electrons. The van der Waals surface area contributed by atoms with Gasteiger partial charge in [0.15, 0.2) is 0 Å². The molecule has 2 amide bonds. The molecule has 0 bridgehead atoms. The van der Waals surface area contributed by atoms with E-state index in [-0.39, 0.29) is 18.2 Å². The predicted octanol–water partition coefficient (Wildman–Crippen LogP) is 3.55. The molecule has 1 fully saturated rings. The third-order valence-electron chi connectivity index (χ3n) is 5.17. The Morgan fingerprint density at radius 3 is 2.65 bits per heavy atom. The van der Waals surface area contributed by atoms with Gasteiger partial charge in [0.1, 0.15) is 5.75 Å². The zero-order valence-electron chi connectivity index (χ0n) is 17.3. The molecule has 4 rings (SSSR count). The average molecular weight is 420 g/mol. The Kier molecular flexibility index (Phi) is 6.26. The van der Waals surface area contributed by atoms with Crippen molar-refractivity contribution in [3.8, 4) is 17.1 Å². The summed E-state index contributed by atoms with van der Waals surface area (Å²) in [5, 5.41) is 6.81. The maximum absolute atomic E-state index is 12.5. The van der Waals surface area contributed by atoms with Crippen LogP contribution in [0.1, 0.15) is 35.5 Å². The van der Waals surface area contributed by atoms with E-state index in [4.69, 9.17) is 9.26 Å². The van der Waals surface area contributed by atoms with Crippen molar-refractivity contribution in [2.24, 2.45) is 0 Å². The number of methoxy groups -OCH3 is 1. The third-order valence-corrected chi connectivity index (χ3v) is 5.17. The summed E-state index contributed by atoms with van der Waals surface area (Å²) in [6.07, 6.45) is 2.59. The van der Waals surface area contributed by atoms with Gasteiger partial charge < -0.3 is 19.5 Å². The molecule has 1 aliphatic heterocycles. The number of hydrogen-bond donors (Lipinski definition) is 1. The van der Waals surface area contributed by atoms with E-state index in [1.54, 1.807) is 31.4 Å². The SMILES string of the molecule is COc1ccc(-c2noc(CCC(=O)Nc3cccc(C(=O)N4CCCC4)c3)n2)cc1. The van der Waals surface area contributed by atoms with Crippen LogP contribution in [0.5, 0.6) is 5.75 Å². The van der Waals surface area contributed by atoms with E-state index in [1.807, 2.05) is 29.2 Å². The van der Waals surface area contributed by atoms with Crippen LogP contribution in [0, 0.1) is 0 Å². The van der Waals surface area contributed by atoms with Crippen LogP contribution in [-0.4, -0.2) is 47.1 Å². The topological polar surface area (TPSA) is 97.6 Å². The number of hydrogen-bond acceptors (Lipinski definition) is 6. The Balaban J connectivity index is 1.32. The number of nitrogens with zero attached hydrogens (tertiary/aromatic N) is 3. The van der Waals surface area contributed by atoms with Crippen molar-refractivity contribution >= 4 is 17.5 Å². The first-order valence-corrected chi connectivity index (χ1v) is 10.3. The molecule has 3 aromatic rings. The van der Waals surface area contributed by atoms with E-state index in [1.165, 1.54) is 0 Å². The quantitative estimate of drug-likeness (QED) is 0.628. The number of rotatable bonds is 7. The van der Waals surface area contributed by atoms with Crippen LogP contribution >= 0.6 is 0 Å². The molecule has 0 unspecified atom stereocenters. The van der Waals surface area contributed by atoms with Gasteiger partial charge in [-0.05, 0) is 55.3 Å². The van der Waals surface area contributed by atoms with Crippen LogP contribution in [0.4, 0.5) is 5.69 Å². The summed E-state index contributed by atoms with van der Waals surface area (Å²) in [6.45, 7) is 1.58. The van der Waals surface area contributed by atoms with Gasteiger partial charge in [-0.15, -0.1) is 0 Å². The molecular weight excluding hydrogens is 396 g/mol. The molecule has 1 aromatic heterocycles. The molecule has 0 saturated carbocycles. The van der Waals surface area contributed by atoms with E-state index in [0.717, 1.165) is 37.2 Å². The van der Waals surface area contributed by atoms with E-state index >= 15 is 0 Å². The Labute approximate surface area is 180 Å². The summed E-state index contributed by atoms with van der Waals surface area (Å²) in [7, 11) is 1.61. The van der Waals surface area contributed by atoms with Crippen LogP contribution in [-0.2, 0) is 11.2 Å². The fraction of sp³-hybridized carbons (Fsp3) is 0.304. The van der Waals surface area contributed by atoms with Gasteiger partial charge in [0.05, 0.1) is 7.11 Å². The minimum Gasteiger partial charge on any atom is -0.497 e. The molecule has 1 saturated heterocycles. The molecule has 0 atom stereocenters. The molecule has 0 aliphatic carbocycles. The number of nitrogens with one attached hydrogen (secondary N) is 1. The summed E-state index contributed by atoms with van der Waals surface area (Å²) >= 11 is 0. The summed E-state index contributed by atoms with van der Waals surface area (Å²) in [5.41, 5.74) is 1.99. The standard InChI is InChI=1S/C23H24N4O4/c1-30-19-9-7-16(8-10-19)22-25-21(31-26-22)12-11-20(28)24-18-6-4-5-17(15-18)23(29)27-13-2-3-14-27/h4-10,15H,2-3,11-14H2,1H3,(H,24,28). The van der Waals surface area contributed by atoms with Gasteiger partial charge >= 0.3 is 0 Å². The van der Waals surface area contributed by atoms with Crippen molar-refractivity contribution in [2.45, 2.75) is 25.7 Å². The van der Waals surface area contributed by atoms with Gasteiger partial charge in [0.2, 0.25) is 17.6 Å². The van der Waals surface area contributed by atoms with Crippen molar-refractivity contribution in [1.82, 2.24) is 15.0 Å². The van der Waals surface area contributed by atoms with E-state index in [2.05, 4.69) is 15.5 Å². The number of aryl methyl sites for hydroxylation is 1. The fourth-order valence-electron chi connectivity index (χ4n) is 3.49. The minimum atomic E-state index is -0.185. The van der Waals surface area contributed by atoms with Gasteiger partial charge in [0, 0.05) is 42.7 Å². The van der Waals surface area contributed by atoms with Crippen LogP contribution in [0.15, 0.2) is 53.1 Å². The van der Waals surface area contributed by atoms with Crippen molar-refractivity contribution in [2.75, 3.05) is 25.5 Å². The number of aromatic nitrogens is 2. The maximum atomic E-state index is 12.5. The lowest BCUT2D eigenvalue weighted by Crippen LogP contribution is -2.27. The molecule has 8 heteroatoms. The number of carbonyl (C=O) groups is 2. The molecule has 1 aliphatic rings. The van der Waals surface area contributed by atoms with E-state index in [0.29, 0.717) is 29.4 Å². The molecule has 2 aromatic carbocycles. The van der Waals surface area contributed by atoms with Gasteiger partial charge in [-0.2, -0.15) is 4.98 Å². The van der Waals surface area contributed by atoms with Crippen LogP contribution in [0.3, 0.4) is 0 Å². The minimum absolute atomic E-state index is 0.00511. The second-order valence-electron chi connectivity index (χ2n) is 7.37. The zero-order chi connectivity index (χ0) is 21.6. The third kappa shape index (κ3) is 5.09. The Morgan fingerprint density at radius 1 is 1.13 bits per heavy atom. The summed E-state index contributed by atoms with van der Waals surface area (Å²) in [6, 6.07) is 14.4. The second-order valence-corrected chi connectivity index (χ2v) is 7.37. The molecule has 0 radical (unpaired) electrons. The van der Waals surface area contributed by atoms with Crippen LogP contribution < -0.4 is 10.1 Å². The van der Waals surface area contributed by atoms with Gasteiger partial charge in [-0.3, -0.25) is 9.59 Å². The largest absolute Gasteiger partial charge is 0.497 e. The lowest BCUT2D eigenvalue weighted by atomic mass is 10.1. The highest BCUT2D eigenvalue weighted by Gasteiger charge is 2.19. The summed E-state index contributed by atoms with van der Waals surface area (Å²) in [4.78, 5) is 31.1. The van der Waals surface area contributed by atoms with Gasteiger partial charge in [-0.25, -0.2) is 0 Å². The van der Waals surface area contributed by atoms with Crippen molar-refractivity contribution < 1.29 is 18.8 Å². The average Bonchev–Trinajstić information content (AvgIpc) is 3.50. The van der Waals surface area contributed by atoms with Crippen molar-refractivity contribution in [3.63, 3.8) is 0 Å². The molecule has 0 spiro atoms. The highest BCUT2D eigenvalue weighted by molar-refractivity contribution is 5.97. The van der Waals surface area contributed by atoms with Crippen LogP contribution in [0.2, 0.25) is 0 Å². The zero-order valence-corrected chi connectivity index (χ0v) is 17.3. The highest BCUT2D eigenvalue weighted by Crippen LogP contribution is 2.20. The van der Waals surface area contributed by atoms with Gasteiger partial charge in [-0.1, -0.05) is 11.2 Å². The first-order chi connectivity index (χ1) is 15.1. The first kappa shape index (κ1) is 20.6. The molecular formula is C23H24N4O4.